The molecule has 5 heteroatoms. The first kappa shape index (κ1) is 20.4. The van der Waals surface area contributed by atoms with Crippen LogP contribution in [-0.2, 0) is 25.7 Å². The van der Waals surface area contributed by atoms with E-state index in [1.807, 2.05) is 37.3 Å². The molecule has 26 heavy (non-hydrogen) atoms. The molecular formula is C21H30O5. The molecule has 144 valence electrons. The fourth-order valence-corrected chi connectivity index (χ4v) is 3.45. The Labute approximate surface area is 155 Å². The minimum absolute atomic E-state index is 0.212. The molecule has 1 fully saturated rings. The van der Waals surface area contributed by atoms with E-state index < -0.39 is 24.0 Å². The summed E-state index contributed by atoms with van der Waals surface area (Å²) in [7, 11) is 0. The molecule has 0 spiro atoms. The van der Waals surface area contributed by atoms with E-state index in [1.54, 1.807) is 6.92 Å². The molecular weight excluding hydrogens is 332 g/mol. The van der Waals surface area contributed by atoms with Crippen LogP contribution in [-0.4, -0.2) is 29.3 Å². The number of ether oxygens (including phenoxy) is 2. The zero-order chi connectivity index (χ0) is 18.9. The van der Waals surface area contributed by atoms with E-state index in [4.69, 9.17) is 9.47 Å². The smallest absolute Gasteiger partial charge is 0.310 e. The Kier molecular flexibility index (Phi) is 8.10. The summed E-state index contributed by atoms with van der Waals surface area (Å²) < 4.78 is 11.0. The highest BCUT2D eigenvalue weighted by Crippen LogP contribution is 2.33. The van der Waals surface area contributed by atoms with E-state index in [1.165, 1.54) is 0 Å². The first-order chi connectivity index (χ1) is 12.5. The van der Waals surface area contributed by atoms with Gasteiger partial charge in [-0.15, -0.1) is 0 Å². The summed E-state index contributed by atoms with van der Waals surface area (Å²) in [6.45, 7) is 3.82. The molecule has 0 aromatic heterocycles. The second-order valence-corrected chi connectivity index (χ2v) is 7.10. The fraction of sp³-hybridized carbons (Fsp3) is 0.619. The number of carbonyl (C=O) groups excluding carboxylic acids is 2. The Morgan fingerprint density at radius 2 is 1.73 bits per heavy atom. The number of aliphatic hydroxyl groups excluding tert-OH is 1. The molecule has 0 heterocycles. The number of aliphatic hydroxyl groups is 1. The third-order valence-electron chi connectivity index (χ3n) is 4.97. The van der Waals surface area contributed by atoms with Crippen LogP contribution in [0, 0.1) is 11.8 Å². The fourth-order valence-electron chi connectivity index (χ4n) is 3.45. The van der Waals surface area contributed by atoms with Crippen LogP contribution >= 0.6 is 0 Å². The summed E-state index contributed by atoms with van der Waals surface area (Å²) in [6, 6.07) is 9.50. The van der Waals surface area contributed by atoms with E-state index >= 15 is 0 Å². The highest BCUT2D eigenvalue weighted by molar-refractivity contribution is 5.82. The lowest BCUT2D eigenvalue weighted by Gasteiger charge is -2.30. The van der Waals surface area contributed by atoms with Crippen LogP contribution in [0.5, 0.6) is 0 Å². The maximum absolute atomic E-state index is 12.6. The largest absolute Gasteiger partial charge is 0.461 e. The standard InChI is InChI=1S/C21H30O5/c1-3-9-19(15(2)22)26-21(24)18-13-8-7-12-17(18)20(23)25-14-16-10-5-4-6-11-16/h4-6,10-11,15,17-19,22H,3,7-9,12-14H2,1-2H3. The van der Waals surface area contributed by atoms with Gasteiger partial charge in [-0.3, -0.25) is 9.59 Å². The Bertz CT molecular complexity index is 569. The van der Waals surface area contributed by atoms with Crippen LogP contribution < -0.4 is 0 Å². The minimum atomic E-state index is -0.717. The molecule has 1 saturated carbocycles. The van der Waals surface area contributed by atoms with Crippen molar-refractivity contribution in [2.24, 2.45) is 11.8 Å². The Morgan fingerprint density at radius 1 is 1.12 bits per heavy atom. The first-order valence-corrected chi connectivity index (χ1v) is 9.62. The molecule has 1 aliphatic rings. The van der Waals surface area contributed by atoms with Crippen molar-refractivity contribution in [2.45, 2.75) is 71.2 Å². The summed E-state index contributed by atoms with van der Waals surface area (Å²) in [4.78, 5) is 25.2. The Balaban J connectivity index is 1.96. The third kappa shape index (κ3) is 5.84. The van der Waals surface area contributed by atoms with Gasteiger partial charge in [-0.1, -0.05) is 56.5 Å². The van der Waals surface area contributed by atoms with Gasteiger partial charge in [0.25, 0.3) is 0 Å². The molecule has 4 atom stereocenters. The molecule has 1 aromatic carbocycles. The lowest BCUT2D eigenvalue weighted by atomic mass is 9.79. The van der Waals surface area contributed by atoms with Gasteiger partial charge in [0, 0.05) is 0 Å². The average Bonchev–Trinajstić information content (AvgIpc) is 2.66. The number of benzene rings is 1. The third-order valence-corrected chi connectivity index (χ3v) is 4.97. The second kappa shape index (κ2) is 10.3. The lowest BCUT2D eigenvalue weighted by molar-refractivity contribution is -0.170. The molecule has 0 aliphatic heterocycles. The van der Waals surface area contributed by atoms with Crippen molar-refractivity contribution in [3.05, 3.63) is 35.9 Å². The maximum atomic E-state index is 12.6. The van der Waals surface area contributed by atoms with Gasteiger partial charge in [0.1, 0.15) is 12.7 Å². The number of hydrogen-bond donors (Lipinski definition) is 1. The van der Waals surface area contributed by atoms with Gasteiger partial charge >= 0.3 is 11.9 Å². The normalized spacial score (nSPS) is 22.3. The molecule has 2 rings (SSSR count). The van der Waals surface area contributed by atoms with E-state index in [2.05, 4.69) is 0 Å². The van der Waals surface area contributed by atoms with Crippen molar-refractivity contribution in [1.29, 1.82) is 0 Å². The van der Waals surface area contributed by atoms with Crippen LogP contribution in [0.1, 0.15) is 57.9 Å². The van der Waals surface area contributed by atoms with Crippen molar-refractivity contribution >= 4 is 11.9 Å². The van der Waals surface area contributed by atoms with Gasteiger partial charge in [-0.25, -0.2) is 0 Å². The van der Waals surface area contributed by atoms with Crippen LogP contribution in [0.15, 0.2) is 30.3 Å². The van der Waals surface area contributed by atoms with E-state index in [0.717, 1.165) is 24.8 Å². The van der Waals surface area contributed by atoms with E-state index in [0.29, 0.717) is 19.3 Å². The van der Waals surface area contributed by atoms with Gasteiger partial charge in [0.05, 0.1) is 17.9 Å². The summed E-state index contributed by atoms with van der Waals surface area (Å²) in [5, 5.41) is 9.81. The van der Waals surface area contributed by atoms with Gasteiger partial charge in [-0.05, 0) is 31.7 Å². The highest BCUT2D eigenvalue weighted by atomic mass is 16.6. The molecule has 0 saturated heterocycles. The van der Waals surface area contributed by atoms with Crippen LogP contribution in [0.4, 0.5) is 0 Å². The van der Waals surface area contributed by atoms with Crippen LogP contribution in [0.2, 0.25) is 0 Å². The lowest BCUT2D eigenvalue weighted by Crippen LogP contribution is -2.38. The van der Waals surface area contributed by atoms with Crippen LogP contribution in [0.25, 0.3) is 0 Å². The predicted molar refractivity (Wildman–Crippen MR) is 98.2 cm³/mol. The number of carbonyl (C=O) groups is 2. The molecule has 1 aliphatic carbocycles. The van der Waals surface area contributed by atoms with Gasteiger partial charge < -0.3 is 14.6 Å². The van der Waals surface area contributed by atoms with Crippen molar-refractivity contribution in [1.82, 2.24) is 0 Å². The monoisotopic (exact) mass is 362 g/mol. The Morgan fingerprint density at radius 3 is 2.31 bits per heavy atom. The van der Waals surface area contributed by atoms with Crippen LogP contribution in [0.3, 0.4) is 0 Å². The molecule has 1 N–H and O–H groups in total. The summed E-state index contributed by atoms with van der Waals surface area (Å²) in [6.07, 6.45) is 3.26. The number of rotatable bonds is 8. The van der Waals surface area contributed by atoms with E-state index in [-0.39, 0.29) is 18.5 Å². The number of esters is 2. The zero-order valence-electron chi connectivity index (χ0n) is 15.7. The van der Waals surface area contributed by atoms with Crippen molar-refractivity contribution in [3.63, 3.8) is 0 Å². The second-order valence-electron chi connectivity index (χ2n) is 7.10. The van der Waals surface area contributed by atoms with Gasteiger partial charge in [-0.2, -0.15) is 0 Å². The predicted octanol–water partition coefficient (Wildman–Crippen LogP) is 3.63. The maximum Gasteiger partial charge on any atom is 0.310 e. The Hall–Kier alpha value is -1.88. The SMILES string of the molecule is CCCC(OC(=O)C1CCCCC1C(=O)OCc1ccccc1)C(C)O. The highest BCUT2D eigenvalue weighted by Gasteiger charge is 2.39. The van der Waals surface area contributed by atoms with Gasteiger partial charge in [0.15, 0.2) is 0 Å². The minimum Gasteiger partial charge on any atom is -0.461 e. The molecule has 0 radical (unpaired) electrons. The number of hydrogen-bond acceptors (Lipinski definition) is 5. The first-order valence-electron chi connectivity index (χ1n) is 9.62. The quantitative estimate of drug-likeness (QED) is 0.715. The van der Waals surface area contributed by atoms with E-state index in [9.17, 15) is 14.7 Å². The zero-order valence-corrected chi connectivity index (χ0v) is 15.7. The van der Waals surface area contributed by atoms with Crippen molar-refractivity contribution in [3.8, 4) is 0 Å². The molecule has 5 nitrogen and oxygen atoms in total. The van der Waals surface area contributed by atoms with Crippen molar-refractivity contribution in [2.75, 3.05) is 0 Å². The summed E-state index contributed by atoms with van der Waals surface area (Å²) in [5.74, 6) is -1.66. The average molecular weight is 362 g/mol. The molecule has 0 bridgehead atoms. The van der Waals surface area contributed by atoms with Gasteiger partial charge in [0.2, 0.25) is 0 Å². The van der Waals surface area contributed by atoms with Crippen molar-refractivity contribution < 1.29 is 24.2 Å². The molecule has 4 unspecified atom stereocenters. The summed E-state index contributed by atoms with van der Waals surface area (Å²) in [5.41, 5.74) is 0.924. The molecule has 1 aromatic rings. The molecule has 0 amide bonds. The summed E-state index contributed by atoms with van der Waals surface area (Å²) >= 11 is 0. The topological polar surface area (TPSA) is 72.8 Å².